The number of rotatable bonds is 3. The third kappa shape index (κ3) is 2.51. The van der Waals surface area contributed by atoms with Crippen molar-refractivity contribution in [3.05, 3.63) is 33.8 Å². The van der Waals surface area contributed by atoms with Crippen LogP contribution in [-0.2, 0) is 6.42 Å². The smallest absolute Gasteiger partial charge is 0.0595 e. The van der Waals surface area contributed by atoms with E-state index in [0.717, 1.165) is 11.8 Å². The van der Waals surface area contributed by atoms with E-state index in [1.165, 1.54) is 24.8 Å². The summed E-state index contributed by atoms with van der Waals surface area (Å²) in [5.41, 5.74) is 1.76. The minimum absolute atomic E-state index is 0.469. The zero-order chi connectivity index (χ0) is 10.9. The van der Waals surface area contributed by atoms with Gasteiger partial charge in [0.15, 0.2) is 0 Å². The number of halogens is 3. The predicted octanol–water partition coefficient (Wildman–Crippen LogP) is 5.10. The summed E-state index contributed by atoms with van der Waals surface area (Å²) in [6.07, 6.45) is 5.10. The van der Waals surface area contributed by atoms with Crippen LogP contribution in [0.2, 0.25) is 10.0 Å². The fraction of sp³-hybridized carbons (Fsp3) is 0.500. The van der Waals surface area contributed by atoms with Crippen LogP contribution in [-0.4, -0.2) is 5.33 Å². The van der Waals surface area contributed by atoms with Gasteiger partial charge in [0.25, 0.3) is 0 Å². The molecule has 1 saturated carbocycles. The van der Waals surface area contributed by atoms with Gasteiger partial charge in [-0.05, 0) is 42.4 Å². The molecule has 0 heterocycles. The van der Waals surface area contributed by atoms with Crippen LogP contribution in [0.25, 0.3) is 0 Å². The largest absolute Gasteiger partial charge is 0.0922 e. The Morgan fingerprint density at radius 3 is 2.40 bits per heavy atom. The molecule has 0 aliphatic heterocycles. The summed E-state index contributed by atoms with van der Waals surface area (Å²) in [6, 6.07) is 5.96. The maximum absolute atomic E-state index is 6.00. The molecule has 1 aliphatic rings. The molecule has 0 N–H and O–H groups in total. The van der Waals surface area contributed by atoms with Crippen LogP contribution in [0, 0.1) is 5.41 Å². The Balaban J connectivity index is 2.13. The lowest BCUT2D eigenvalue weighted by molar-refractivity contribution is 0.170. The van der Waals surface area contributed by atoms with Gasteiger partial charge in [0.1, 0.15) is 0 Å². The molecule has 82 valence electrons. The van der Waals surface area contributed by atoms with E-state index in [1.807, 2.05) is 12.1 Å². The highest BCUT2D eigenvalue weighted by molar-refractivity contribution is 9.09. The summed E-state index contributed by atoms with van der Waals surface area (Å²) < 4.78 is 0. The maximum atomic E-state index is 6.00. The first-order valence-electron chi connectivity index (χ1n) is 5.15. The fourth-order valence-corrected chi connectivity index (χ4v) is 3.20. The van der Waals surface area contributed by atoms with Crippen LogP contribution >= 0.6 is 39.1 Å². The van der Waals surface area contributed by atoms with Gasteiger partial charge in [-0.3, -0.25) is 0 Å². The third-order valence-corrected chi connectivity index (χ3v) is 5.19. The average molecular weight is 308 g/mol. The Labute approximate surface area is 109 Å². The second-order valence-corrected chi connectivity index (χ2v) is 5.79. The van der Waals surface area contributed by atoms with Gasteiger partial charge in [-0.2, -0.15) is 0 Å². The standard InChI is InChI=1S/C12H13BrCl2/c13-8-12(4-1-5-12)7-9-2-3-10(14)11(15)6-9/h2-3,6H,1,4-5,7-8H2. The highest BCUT2D eigenvalue weighted by Crippen LogP contribution is 2.45. The van der Waals surface area contributed by atoms with E-state index in [0.29, 0.717) is 15.5 Å². The van der Waals surface area contributed by atoms with Crippen molar-refractivity contribution in [3.8, 4) is 0 Å². The van der Waals surface area contributed by atoms with Gasteiger partial charge >= 0.3 is 0 Å². The molecule has 0 atom stereocenters. The van der Waals surface area contributed by atoms with Crippen LogP contribution < -0.4 is 0 Å². The molecular formula is C12H13BrCl2. The SMILES string of the molecule is Clc1ccc(CC2(CBr)CCC2)cc1Cl. The van der Waals surface area contributed by atoms with Crippen LogP contribution in [0.1, 0.15) is 24.8 Å². The number of hydrogen-bond donors (Lipinski definition) is 0. The summed E-state index contributed by atoms with van der Waals surface area (Å²) in [7, 11) is 0. The molecule has 0 amide bonds. The topological polar surface area (TPSA) is 0 Å². The van der Waals surface area contributed by atoms with Gasteiger partial charge in [0, 0.05) is 5.33 Å². The molecule has 1 fully saturated rings. The highest BCUT2D eigenvalue weighted by Gasteiger charge is 2.35. The minimum atomic E-state index is 0.469. The Morgan fingerprint density at radius 2 is 1.93 bits per heavy atom. The number of alkyl halides is 1. The molecule has 1 aromatic carbocycles. The van der Waals surface area contributed by atoms with E-state index >= 15 is 0 Å². The van der Waals surface area contributed by atoms with Gasteiger partial charge in [-0.1, -0.05) is 51.6 Å². The van der Waals surface area contributed by atoms with Crippen LogP contribution in [0.4, 0.5) is 0 Å². The van der Waals surface area contributed by atoms with Crippen molar-refractivity contribution in [2.24, 2.45) is 5.41 Å². The van der Waals surface area contributed by atoms with Crippen molar-refractivity contribution in [2.75, 3.05) is 5.33 Å². The van der Waals surface area contributed by atoms with Crippen LogP contribution in [0.5, 0.6) is 0 Å². The summed E-state index contributed by atoms with van der Waals surface area (Å²) in [5, 5.41) is 2.39. The van der Waals surface area contributed by atoms with Crippen molar-refractivity contribution in [2.45, 2.75) is 25.7 Å². The third-order valence-electron chi connectivity index (χ3n) is 3.26. The van der Waals surface area contributed by atoms with Crippen molar-refractivity contribution in [3.63, 3.8) is 0 Å². The van der Waals surface area contributed by atoms with Crippen molar-refractivity contribution >= 4 is 39.1 Å². The van der Waals surface area contributed by atoms with E-state index in [9.17, 15) is 0 Å². The minimum Gasteiger partial charge on any atom is -0.0922 e. The highest BCUT2D eigenvalue weighted by atomic mass is 79.9. The molecule has 1 aliphatic carbocycles. The van der Waals surface area contributed by atoms with Crippen LogP contribution in [0.15, 0.2) is 18.2 Å². The van der Waals surface area contributed by atoms with E-state index in [1.54, 1.807) is 0 Å². The zero-order valence-electron chi connectivity index (χ0n) is 8.40. The monoisotopic (exact) mass is 306 g/mol. The van der Waals surface area contributed by atoms with Gasteiger partial charge in [-0.25, -0.2) is 0 Å². The molecule has 0 spiro atoms. The molecule has 0 bridgehead atoms. The average Bonchev–Trinajstić information content (AvgIpc) is 2.17. The van der Waals surface area contributed by atoms with E-state index in [-0.39, 0.29) is 0 Å². The Hall–Kier alpha value is 0.280. The molecule has 15 heavy (non-hydrogen) atoms. The lowest BCUT2D eigenvalue weighted by Gasteiger charge is -2.40. The Bertz CT molecular complexity index is 353. The zero-order valence-corrected chi connectivity index (χ0v) is 11.5. The predicted molar refractivity (Wildman–Crippen MR) is 70.2 cm³/mol. The first-order valence-corrected chi connectivity index (χ1v) is 7.03. The van der Waals surface area contributed by atoms with Gasteiger partial charge in [0.05, 0.1) is 10.0 Å². The second kappa shape index (κ2) is 4.65. The van der Waals surface area contributed by atoms with E-state index in [4.69, 9.17) is 23.2 Å². The number of hydrogen-bond acceptors (Lipinski definition) is 0. The van der Waals surface area contributed by atoms with Crippen molar-refractivity contribution in [1.29, 1.82) is 0 Å². The van der Waals surface area contributed by atoms with Gasteiger partial charge in [-0.15, -0.1) is 0 Å². The maximum Gasteiger partial charge on any atom is 0.0595 e. The molecule has 0 saturated heterocycles. The van der Waals surface area contributed by atoms with E-state index < -0.39 is 0 Å². The quantitative estimate of drug-likeness (QED) is 0.681. The Kier molecular flexibility index (Phi) is 3.64. The molecule has 2 rings (SSSR count). The van der Waals surface area contributed by atoms with Gasteiger partial charge < -0.3 is 0 Å². The molecule has 0 unspecified atom stereocenters. The lowest BCUT2D eigenvalue weighted by Crippen LogP contribution is -2.33. The van der Waals surface area contributed by atoms with Crippen molar-refractivity contribution in [1.82, 2.24) is 0 Å². The first-order chi connectivity index (χ1) is 7.15. The fourth-order valence-electron chi connectivity index (χ4n) is 2.12. The molecule has 0 aromatic heterocycles. The number of benzene rings is 1. The van der Waals surface area contributed by atoms with Crippen molar-refractivity contribution < 1.29 is 0 Å². The Morgan fingerprint density at radius 1 is 1.20 bits per heavy atom. The lowest BCUT2D eigenvalue weighted by atomic mass is 9.67. The summed E-state index contributed by atoms with van der Waals surface area (Å²) in [6.45, 7) is 0. The molecular weight excluding hydrogens is 295 g/mol. The normalized spacial score (nSPS) is 18.6. The van der Waals surface area contributed by atoms with Crippen LogP contribution in [0.3, 0.4) is 0 Å². The second-order valence-electron chi connectivity index (χ2n) is 4.41. The summed E-state index contributed by atoms with van der Waals surface area (Å²) in [4.78, 5) is 0. The molecule has 1 aromatic rings. The van der Waals surface area contributed by atoms with Gasteiger partial charge in [0.2, 0.25) is 0 Å². The molecule has 0 nitrogen and oxygen atoms in total. The summed E-state index contributed by atoms with van der Waals surface area (Å²) in [5.74, 6) is 0. The molecule has 0 radical (unpaired) electrons. The molecule has 3 heteroatoms. The van der Waals surface area contributed by atoms with E-state index in [2.05, 4.69) is 22.0 Å². The first kappa shape index (κ1) is 11.8. The summed E-state index contributed by atoms with van der Waals surface area (Å²) >= 11 is 15.5.